The van der Waals surface area contributed by atoms with Crippen LogP contribution in [0.25, 0.3) is 110 Å². The molecule has 0 aliphatic heterocycles. The molecule has 2 heteroatoms. The van der Waals surface area contributed by atoms with Gasteiger partial charge < -0.3 is 9.13 Å². The van der Waals surface area contributed by atoms with Crippen LogP contribution in [0.3, 0.4) is 0 Å². The predicted molar refractivity (Wildman–Crippen MR) is 254 cm³/mol. The van der Waals surface area contributed by atoms with Crippen LogP contribution in [0.4, 0.5) is 0 Å². The number of rotatable bonds is 6. The molecule has 0 saturated carbocycles. The van der Waals surface area contributed by atoms with Crippen molar-refractivity contribution in [1.29, 1.82) is 0 Å². The first-order valence-electron chi connectivity index (χ1n) is 23.6. The summed E-state index contributed by atoms with van der Waals surface area (Å²) in [5, 5.41) is 4.43. The summed E-state index contributed by atoms with van der Waals surface area (Å²) >= 11 is 0. The smallest absolute Gasteiger partial charge is 0.0645 e. The Morgan fingerprint density at radius 1 is 0.333 bits per heavy atom. The molecule has 2 aromatic heterocycles. The van der Waals surface area contributed by atoms with Crippen molar-refractivity contribution in [3.05, 3.63) is 230 Å². The Balaban J connectivity index is 1.13. The summed E-state index contributed by atoms with van der Waals surface area (Å²) in [7, 11) is 0. The number of para-hydroxylation sites is 2. The lowest BCUT2D eigenvalue weighted by Gasteiger charge is -2.14. The molecule has 2 nitrogen and oxygen atoms in total. The lowest BCUT2D eigenvalue weighted by molar-refractivity contribution is 1.18. The molecule has 2 heterocycles. The summed E-state index contributed by atoms with van der Waals surface area (Å²) in [6, 6.07) is 61.3. The van der Waals surface area contributed by atoms with Gasteiger partial charge in [-0.25, -0.2) is 0 Å². The van der Waals surface area contributed by atoms with E-state index >= 15 is 0 Å². The Morgan fingerprint density at radius 2 is 0.967 bits per heavy atom. The second-order valence-electron chi connectivity index (χ2n) is 15.1. The first-order valence-corrected chi connectivity index (χ1v) is 20.1. The Morgan fingerprint density at radius 3 is 1.82 bits per heavy atom. The highest BCUT2D eigenvalue weighted by molar-refractivity contribution is 6.17. The molecular weight excluding hydrogens is 725 g/mol. The minimum Gasteiger partial charge on any atom is -0.309 e. The van der Waals surface area contributed by atoms with Crippen molar-refractivity contribution in [3.8, 4) is 55.9 Å². The fourth-order valence-electron chi connectivity index (χ4n) is 9.06. The number of aromatic nitrogens is 2. The van der Waals surface area contributed by atoms with E-state index in [0.717, 1.165) is 71.6 Å². The van der Waals surface area contributed by atoms with Gasteiger partial charge in [-0.2, -0.15) is 0 Å². The zero-order valence-corrected chi connectivity index (χ0v) is 32.3. The molecule has 10 aromatic carbocycles. The second kappa shape index (κ2) is 13.9. The van der Waals surface area contributed by atoms with E-state index in [1.807, 2.05) is 109 Å². The average Bonchev–Trinajstić information content (AvgIpc) is 3.91. The molecule has 0 bridgehead atoms. The van der Waals surface area contributed by atoms with Crippen LogP contribution in [0.1, 0.15) is 9.60 Å². The Labute approximate surface area is 358 Å². The Hall–Kier alpha value is -7.94. The van der Waals surface area contributed by atoms with Gasteiger partial charge in [0.1, 0.15) is 0 Å². The second-order valence-corrected chi connectivity index (χ2v) is 15.1. The van der Waals surface area contributed by atoms with Crippen LogP contribution in [0, 0.1) is 0 Å². The van der Waals surface area contributed by atoms with Crippen LogP contribution in [-0.4, -0.2) is 9.13 Å². The van der Waals surface area contributed by atoms with E-state index in [1.54, 1.807) is 4.57 Å². The molecule has 12 rings (SSSR count). The van der Waals surface area contributed by atoms with Gasteiger partial charge in [-0.3, -0.25) is 0 Å². The molecule has 0 spiro atoms. The summed E-state index contributed by atoms with van der Waals surface area (Å²) < 4.78 is 69.5. The molecule has 60 heavy (non-hydrogen) atoms. The van der Waals surface area contributed by atoms with Crippen molar-refractivity contribution in [2.24, 2.45) is 0 Å². The first-order chi connectivity index (χ1) is 32.7. The van der Waals surface area contributed by atoms with Crippen LogP contribution in [0.2, 0.25) is 0 Å². The number of fused-ring (bicyclic) bond motifs is 7. The van der Waals surface area contributed by atoms with Crippen LogP contribution >= 0.6 is 0 Å². The molecule has 0 atom stereocenters. The van der Waals surface area contributed by atoms with E-state index in [9.17, 15) is 6.85 Å². The van der Waals surface area contributed by atoms with Crippen LogP contribution in [-0.2, 0) is 0 Å². The molecule has 0 aliphatic rings. The van der Waals surface area contributed by atoms with Crippen LogP contribution in [0.15, 0.2) is 230 Å². The van der Waals surface area contributed by atoms with Gasteiger partial charge in [0.2, 0.25) is 0 Å². The molecule has 0 radical (unpaired) electrons. The average molecular weight is 770 g/mol. The molecule has 12 aromatic rings. The van der Waals surface area contributed by atoms with E-state index in [-0.39, 0.29) is 57.6 Å². The van der Waals surface area contributed by atoms with Crippen molar-refractivity contribution >= 4 is 54.4 Å². The normalized spacial score (nSPS) is 13.3. The van der Waals surface area contributed by atoms with Crippen molar-refractivity contribution in [2.45, 2.75) is 0 Å². The lowest BCUT2D eigenvalue weighted by atomic mass is 9.97. The zero-order chi connectivity index (χ0) is 45.7. The number of nitrogens with zero attached hydrogens (tertiary/aromatic N) is 2. The fraction of sp³-hybridized carbons (Fsp3) is 0. The highest BCUT2D eigenvalue weighted by atomic mass is 15.0. The van der Waals surface area contributed by atoms with E-state index in [0.29, 0.717) is 11.3 Å². The number of hydrogen-bond acceptors (Lipinski definition) is 0. The third-order valence-corrected chi connectivity index (χ3v) is 11.8. The zero-order valence-electron chi connectivity index (χ0n) is 39.3. The van der Waals surface area contributed by atoms with Crippen molar-refractivity contribution in [1.82, 2.24) is 9.13 Å². The third-order valence-electron chi connectivity index (χ3n) is 11.8. The van der Waals surface area contributed by atoms with Crippen molar-refractivity contribution in [2.75, 3.05) is 0 Å². The van der Waals surface area contributed by atoms with Gasteiger partial charge in [-0.1, -0.05) is 176 Å². The Bertz CT molecular complexity index is 3980. The summed E-state index contributed by atoms with van der Waals surface area (Å²) in [6.45, 7) is 0. The van der Waals surface area contributed by atoms with Gasteiger partial charge in [0, 0.05) is 32.8 Å². The highest BCUT2D eigenvalue weighted by Crippen LogP contribution is 2.43. The van der Waals surface area contributed by atoms with Crippen molar-refractivity contribution in [3.63, 3.8) is 0 Å². The molecular formula is C58H38N2. The maximum atomic E-state index is 10.0. The SMILES string of the molecule is [2H]c1c([2H])c([2H])c2c(c1[2H])c1c([2H])c(-c3ccc4c(c3)c3c(-c5ccccc5)cccc3n4-c3ccccc3-c3ccccc3)c([2H])c([2H])c1n2-c1ccc(-c2cccc3ccccc23)cc1. The summed E-state index contributed by atoms with van der Waals surface area (Å²) in [6.07, 6.45) is 0. The summed E-state index contributed by atoms with van der Waals surface area (Å²) in [5.41, 5.74) is 10.7. The van der Waals surface area contributed by atoms with Gasteiger partial charge in [0.25, 0.3) is 0 Å². The third kappa shape index (κ3) is 5.42. The topological polar surface area (TPSA) is 9.86 Å². The number of hydrogen-bond donors (Lipinski definition) is 0. The van der Waals surface area contributed by atoms with Gasteiger partial charge in [-0.15, -0.1) is 0 Å². The minimum atomic E-state index is -0.427. The van der Waals surface area contributed by atoms with Gasteiger partial charge in [-0.05, 0) is 104 Å². The predicted octanol–water partition coefficient (Wildman–Crippen LogP) is 15.7. The maximum Gasteiger partial charge on any atom is 0.0645 e. The van der Waals surface area contributed by atoms with Crippen molar-refractivity contribution < 1.29 is 9.60 Å². The molecule has 0 unspecified atom stereocenters. The molecule has 0 fully saturated rings. The van der Waals surface area contributed by atoms with E-state index in [4.69, 9.17) is 2.74 Å². The van der Waals surface area contributed by atoms with Gasteiger partial charge >= 0.3 is 0 Å². The summed E-state index contributed by atoms with van der Waals surface area (Å²) in [4.78, 5) is 0. The van der Waals surface area contributed by atoms with Gasteiger partial charge in [0.15, 0.2) is 0 Å². The molecule has 0 aliphatic carbocycles. The van der Waals surface area contributed by atoms with Crippen LogP contribution in [0.5, 0.6) is 0 Å². The molecule has 280 valence electrons. The monoisotopic (exact) mass is 769 g/mol. The molecule has 0 amide bonds. The van der Waals surface area contributed by atoms with E-state index in [2.05, 4.69) is 83.4 Å². The van der Waals surface area contributed by atoms with E-state index in [1.165, 1.54) is 0 Å². The highest BCUT2D eigenvalue weighted by Gasteiger charge is 2.20. The largest absolute Gasteiger partial charge is 0.309 e. The maximum absolute atomic E-state index is 10.0. The van der Waals surface area contributed by atoms with Crippen LogP contribution < -0.4 is 0 Å². The molecule has 0 saturated heterocycles. The van der Waals surface area contributed by atoms with E-state index < -0.39 is 12.1 Å². The number of benzene rings is 10. The Kier molecular flexibility index (Phi) is 6.39. The fourth-order valence-corrected chi connectivity index (χ4v) is 9.06. The molecule has 0 N–H and O–H groups in total. The first kappa shape index (κ1) is 27.7. The quantitative estimate of drug-likeness (QED) is 0.159. The standard InChI is InChI=1S/C58H38N2/c1-3-15-40(16-4-1)48-22-9-11-26-53(48)60-56-36-32-44(38-52(56)58-49(25-14-28-57(58)60)41-17-5-2-6-18-41)43-31-35-55-51(37-43)50-23-10-12-27-54(50)59(55)45-33-29-42(30-34-45)47-24-13-20-39-19-7-8-21-46(39)47/h1-38H/i10D,12D,23D,27D,31D,35D,37D. The minimum absolute atomic E-state index is 0.0852. The lowest BCUT2D eigenvalue weighted by Crippen LogP contribution is -1.97. The van der Waals surface area contributed by atoms with Gasteiger partial charge in [0.05, 0.1) is 37.3 Å². The summed E-state index contributed by atoms with van der Waals surface area (Å²) in [5.74, 6) is 0.